The average Bonchev–Trinajstić information content (AvgIpc) is 1.98. The molecule has 0 saturated heterocycles. The Bertz CT molecular complexity index is 78.0. The molecule has 0 aliphatic rings. The summed E-state index contributed by atoms with van der Waals surface area (Å²) >= 11 is 0. The van der Waals surface area contributed by atoms with Crippen LogP contribution in [-0.2, 0) is 0 Å². The molecule has 4 N–H and O–H groups in total. The van der Waals surface area contributed by atoms with Crippen molar-refractivity contribution in [2.24, 2.45) is 5.73 Å². The first-order valence-electron chi connectivity index (χ1n) is 3.78. The second-order valence-corrected chi connectivity index (χ2v) is 2.47. The molecular formula is C7H17NO2. The summed E-state index contributed by atoms with van der Waals surface area (Å²) in [5, 5.41) is 18.2. The summed E-state index contributed by atoms with van der Waals surface area (Å²) in [6, 6.07) is 0. The highest BCUT2D eigenvalue weighted by atomic mass is 16.3. The highest BCUT2D eigenvalue weighted by Gasteiger charge is 2.12. The van der Waals surface area contributed by atoms with Gasteiger partial charge in [0.05, 0.1) is 12.2 Å². The van der Waals surface area contributed by atoms with Crippen LogP contribution in [0.15, 0.2) is 0 Å². The third kappa shape index (κ3) is 3.82. The van der Waals surface area contributed by atoms with Gasteiger partial charge in [-0.3, -0.25) is 0 Å². The van der Waals surface area contributed by atoms with E-state index in [0.29, 0.717) is 19.4 Å². The fraction of sp³-hybridized carbons (Fsp3) is 1.00. The van der Waals surface area contributed by atoms with Crippen molar-refractivity contribution < 1.29 is 10.2 Å². The zero-order valence-electron chi connectivity index (χ0n) is 6.45. The molecule has 2 atom stereocenters. The Labute approximate surface area is 61.9 Å². The lowest BCUT2D eigenvalue weighted by Gasteiger charge is -2.14. The molecule has 0 radical (unpaired) electrons. The van der Waals surface area contributed by atoms with E-state index in [9.17, 15) is 0 Å². The maximum Gasteiger partial charge on any atom is 0.0799 e. The highest BCUT2D eigenvalue weighted by Crippen LogP contribution is 2.04. The first-order chi connectivity index (χ1) is 4.72. The van der Waals surface area contributed by atoms with Gasteiger partial charge in [0.2, 0.25) is 0 Å². The Balaban J connectivity index is 3.31. The van der Waals surface area contributed by atoms with Crippen LogP contribution >= 0.6 is 0 Å². The van der Waals surface area contributed by atoms with Gasteiger partial charge in [0.1, 0.15) is 0 Å². The molecule has 0 aromatic heterocycles. The van der Waals surface area contributed by atoms with E-state index in [4.69, 9.17) is 15.9 Å². The number of nitrogens with two attached hydrogens (primary N) is 1. The van der Waals surface area contributed by atoms with Gasteiger partial charge in [-0.2, -0.15) is 0 Å². The number of hydrogen-bond acceptors (Lipinski definition) is 3. The zero-order valence-corrected chi connectivity index (χ0v) is 6.45. The predicted molar refractivity (Wildman–Crippen MR) is 40.6 cm³/mol. The van der Waals surface area contributed by atoms with E-state index in [1.54, 1.807) is 0 Å². The number of aliphatic hydroxyl groups excluding tert-OH is 2. The fourth-order valence-electron chi connectivity index (χ4n) is 0.791. The van der Waals surface area contributed by atoms with E-state index < -0.39 is 12.2 Å². The molecule has 0 aliphatic heterocycles. The standard InChI is InChI=1S/C7H17NO2/c1-2-6(9)7(10)4-3-5-8/h6-7,9-10H,2-5,8H2,1H3. The largest absolute Gasteiger partial charge is 0.390 e. The summed E-state index contributed by atoms with van der Waals surface area (Å²) < 4.78 is 0. The van der Waals surface area contributed by atoms with E-state index in [1.165, 1.54) is 0 Å². The third-order valence-corrected chi connectivity index (χ3v) is 1.57. The van der Waals surface area contributed by atoms with Gasteiger partial charge in [-0.1, -0.05) is 6.92 Å². The molecule has 0 spiro atoms. The van der Waals surface area contributed by atoms with E-state index in [0.717, 1.165) is 6.42 Å². The van der Waals surface area contributed by atoms with Crippen LogP contribution in [0.2, 0.25) is 0 Å². The molecule has 0 aromatic rings. The SMILES string of the molecule is CCC(O)C(O)CCCN. The van der Waals surface area contributed by atoms with Crippen molar-refractivity contribution in [2.75, 3.05) is 6.54 Å². The van der Waals surface area contributed by atoms with E-state index in [2.05, 4.69) is 0 Å². The van der Waals surface area contributed by atoms with Gasteiger partial charge >= 0.3 is 0 Å². The average molecular weight is 147 g/mol. The van der Waals surface area contributed by atoms with Crippen LogP contribution in [0.25, 0.3) is 0 Å². The van der Waals surface area contributed by atoms with Crippen LogP contribution in [0.3, 0.4) is 0 Å². The van der Waals surface area contributed by atoms with Gasteiger partial charge in [-0.25, -0.2) is 0 Å². The molecule has 0 rings (SSSR count). The maximum absolute atomic E-state index is 9.14. The summed E-state index contributed by atoms with van der Waals surface area (Å²) in [7, 11) is 0. The Hall–Kier alpha value is -0.120. The lowest BCUT2D eigenvalue weighted by Crippen LogP contribution is -2.25. The maximum atomic E-state index is 9.14. The summed E-state index contributed by atoms with van der Waals surface area (Å²) in [6.45, 7) is 2.42. The van der Waals surface area contributed by atoms with Crippen molar-refractivity contribution in [3.63, 3.8) is 0 Å². The molecule has 0 bridgehead atoms. The van der Waals surface area contributed by atoms with E-state index >= 15 is 0 Å². The first-order valence-corrected chi connectivity index (χ1v) is 3.78. The van der Waals surface area contributed by atoms with Crippen LogP contribution in [0.4, 0.5) is 0 Å². The number of aliphatic hydroxyl groups is 2. The predicted octanol–water partition coefficient (Wildman–Crippen LogP) is -0.143. The molecule has 3 nitrogen and oxygen atoms in total. The van der Waals surface area contributed by atoms with Gasteiger partial charge in [-0.15, -0.1) is 0 Å². The lowest BCUT2D eigenvalue weighted by molar-refractivity contribution is 0.0121. The Morgan fingerprint density at radius 1 is 1.30 bits per heavy atom. The number of rotatable bonds is 5. The highest BCUT2D eigenvalue weighted by molar-refractivity contribution is 4.64. The Kier molecular flexibility index (Phi) is 5.58. The fourth-order valence-corrected chi connectivity index (χ4v) is 0.791. The minimum atomic E-state index is -0.589. The van der Waals surface area contributed by atoms with Crippen molar-refractivity contribution in [1.29, 1.82) is 0 Å². The summed E-state index contributed by atoms with van der Waals surface area (Å²) in [5.41, 5.74) is 5.23. The third-order valence-electron chi connectivity index (χ3n) is 1.57. The zero-order chi connectivity index (χ0) is 7.98. The van der Waals surface area contributed by atoms with Crippen molar-refractivity contribution in [1.82, 2.24) is 0 Å². The molecule has 0 amide bonds. The summed E-state index contributed by atoms with van der Waals surface area (Å²) in [5.74, 6) is 0. The second kappa shape index (κ2) is 5.65. The smallest absolute Gasteiger partial charge is 0.0799 e. The molecule has 0 heterocycles. The Morgan fingerprint density at radius 2 is 1.90 bits per heavy atom. The molecular weight excluding hydrogens is 130 g/mol. The van der Waals surface area contributed by atoms with Crippen LogP contribution in [0.1, 0.15) is 26.2 Å². The molecule has 3 heteroatoms. The van der Waals surface area contributed by atoms with Crippen LogP contribution in [-0.4, -0.2) is 29.0 Å². The molecule has 0 aliphatic carbocycles. The minimum Gasteiger partial charge on any atom is -0.390 e. The van der Waals surface area contributed by atoms with Gasteiger partial charge in [0.15, 0.2) is 0 Å². The van der Waals surface area contributed by atoms with E-state index in [-0.39, 0.29) is 0 Å². The molecule has 0 aromatic carbocycles. The van der Waals surface area contributed by atoms with E-state index in [1.807, 2.05) is 6.92 Å². The lowest BCUT2D eigenvalue weighted by atomic mass is 10.1. The van der Waals surface area contributed by atoms with Crippen LogP contribution in [0.5, 0.6) is 0 Å². The Morgan fingerprint density at radius 3 is 2.30 bits per heavy atom. The molecule has 62 valence electrons. The summed E-state index contributed by atoms with van der Waals surface area (Å²) in [6.07, 6.45) is 0.815. The van der Waals surface area contributed by atoms with Crippen molar-refractivity contribution in [3.05, 3.63) is 0 Å². The second-order valence-electron chi connectivity index (χ2n) is 2.47. The van der Waals surface area contributed by atoms with Crippen molar-refractivity contribution in [2.45, 2.75) is 38.4 Å². The molecule has 10 heavy (non-hydrogen) atoms. The molecule has 2 unspecified atom stereocenters. The van der Waals surface area contributed by atoms with Crippen LogP contribution in [0, 0.1) is 0 Å². The first kappa shape index (κ1) is 9.88. The van der Waals surface area contributed by atoms with Crippen molar-refractivity contribution in [3.8, 4) is 0 Å². The topological polar surface area (TPSA) is 66.5 Å². The minimum absolute atomic E-state index is 0.577. The monoisotopic (exact) mass is 147 g/mol. The molecule has 0 fully saturated rings. The normalized spacial score (nSPS) is 16.8. The molecule has 0 saturated carbocycles. The van der Waals surface area contributed by atoms with Gasteiger partial charge in [-0.05, 0) is 25.8 Å². The van der Waals surface area contributed by atoms with Gasteiger partial charge in [0.25, 0.3) is 0 Å². The van der Waals surface area contributed by atoms with Gasteiger partial charge < -0.3 is 15.9 Å². The summed E-state index contributed by atoms with van der Waals surface area (Å²) in [4.78, 5) is 0. The van der Waals surface area contributed by atoms with Crippen molar-refractivity contribution >= 4 is 0 Å². The quantitative estimate of drug-likeness (QED) is 0.507. The van der Waals surface area contributed by atoms with Crippen LogP contribution < -0.4 is 5.73 Å². The van der Waals surface area contributed by atoms with Gasteiger partial charge in [0, 0.05) is 0 Å². The number of hydrogen-bond donors (Lipinski definition) is 3.